The first-order valence-electron chi connectivity index (χ1n) is 8.91. The van der Waals surface area contributed by atoms with Gasteiger partial charge in [-0.05, 0) is 51.1 Å². The first-order valence-corrected chi connectivity index (χ1v) is 10.7. The molecule has 1 aromatic carbocycles. The second-order valence-corrected chi connectivity index (χ2v) is 9.77. The van der Waals surface area contributed by atoms with Crippen LogP contribution in [0.1, 0.15) is 26.5 Å². The Balaban J connectivity index is 2.10. The summed E-state index contributed by atoms with van der Waals surface area (Å²) in [6.07, 6.45) is -0.558. The molecule has 0 saturated heterocycles. The molecule has 0 aliphatic carbocycles. The number of amides is 1. The lowest BCUT2D eigenvalue weighted by Crippen LogP contribution is -2.34. The molecule has 154 valence electrons. The monoisotopic (exact) mass is 435 g/mol. The van der Waals surface area contributed by atoms with Gasteiger partial charge in [0.25, 0.3) is 10.0 Å². The molecular formula is C20H22ClN3O4S. The summed E-state index contributed by atoms with van der Waals surface area (Å²) in [5, 5.41) is 0.249. The van der Waals surface area contributed by atoms with E-state index in [1.54, 1.807) is 58.2 Å². The summed E-state index contributed by atoms with van der Waals surface area (Å²) in [7, 11) is -2.37. The molecule has 0 saturated carbocycles. The van der Waals surface area contributed by atoms with Crippen molar-refractivity contribution in [2.75, 3.05) is 7.05 Å². The zero-order valence-corrected chi connectivity index (χ0v) is 18.2. The molecule has 2 heterocycles. The van der Waals surface area contributed by atoms with E-state index < -0.39 is 21.7 Å². The SMILES string of the molecule is CN(Cc1cc2nc(Cl)ccc2n1S(=O)(=O)c1ccccc1)C(=O)OC(C)(C)C. The molecule has 3 rings (SSSR count). The summed E-state index contributed by atoms with van der Waals surface area (Å²) in [5.74, 6) is 0. The number of halogens is 1. The van der Waals surface area contributed by atoms with Crippen LogP contribution in [0.2, 0.25) is 5.15 Å². The van der Waals surface area contributed by atoms with Crippen molar-refractivity contribution in [3.63, 3.8) is 0 Å². The predicted octanol–water partition coefficient (Wildman–Crippen LogP) is 4.29. The summed E-state index contributed by atoms with van der Waals surface area (Å²) >= 11 is 5.99. The summed E-state index contributed by atoms with van der Waals surface area (Å²) in [6, 6.07) is 12.8. The molecule has 0 radical (unpaired) electrons. The van der Waals surface area contributed by atoms with Gasteiger partial charge in [0.15, 0.2) is 0 Å². The van der Waals surface area contributed by atoms with Crippen LogP contribution in [0.15, 0.2) is 53.4 Å². The Morgan fingerprint density at radius 3 is 2.45 bits per heavy atom. The van der Waals surface area contributed by atoms with Gasteiger partial charge in [-0.1, -0.05) is 29.8 Å². The summed E-state index contributed by atoms with van der Waals surface area (Å²) < 4.78 is 33.3. The van der Waals surface area contributed by atoms with E-state index in [9.17, 15) is 13.2 Å². The predicted molar refractivity (Wildman–Crippen MR) is 111 cm³/mol. The lowest BCUT2D eigenvalue weighted by molar-refractivity contribution is 0.0283. The molecule has 1 amide bonds. The molecule has 0 fully saturated rings. The van der Waals surface area contributed by atoms with Gasteiger partial charge in [-0.3, -0.25) is 0 Å². The second kappa shape index (κ2) is 7.68. The summed E-state index contributed by atoms with van der Waals surface area (Å²) in [5.41, 5.74) is 0.505. The normalized spacial score (nSPS) is 12.2. The van der Waals surface area contributed by atoms with E-state index in [4.69, 9.17) is 16.3 Å². The Kier molecular flexibility index (Phi) is 5.60. The highest BCUT2D eigenvalue weighted by atomic mass is 35.5. The number of pyridine rings is 1. The van der Waals surface area contributed by atoms with E-state index in [0.717, 1.165) is 0 Å². The number of benzene rings is 1. The molecule has 0 atom stereocenters. The lowest BCUT2D eigenvalue weighted by Gasteiger charge is -2.25. The Morgan fingerprint density at radius 2 is 1.83 bits per heavy atom. The van der Waals surface area contributed by atoms with E-state index in [1.165, 1.54) is 27.1 Å². The number of aromatic nitrogens is 2. The quantitative estimate of drug-likeness (QED) is 0.571. The van der Waals surface area contributed by atoms with Crippen LogP contribution in [0, 0.1) is 0 Å². The lowest BCUT2D eigenvalue weighted by atomic mass is 10.2. The fourth-order valence-electron chi connectivity index (χ4n) is 2.83. The van der Waals surface area contributed by atoms with Crippen LogP contribution in [0.4, 0.5) is 4.79 Å². The van der Waals surface area contributed by atoms with E-state index in [-0.39, 0.29) is 16.6 Å². The second-order valence-electron chi connectivity index (χ2n) is 7.59. The number of nitrogens with zero attached hydrogens (tertiary/aromatic N) is 3. The van der Waals surface area contributed by atoms with Gasteiger partial charge in [0, 0.05) is 7.05 Å². The highest BCUT2D eigenvalue weighted by Gasteiger charge is 2.26. The topological polar surface area (TPSA) is 81.5 Å². The summed E-state index contributed by atoms with van der Waals surface area (Å²) in [6.45, 7) is 5.31. The van der Waals surface area contributed by atoms with Gasteiger partial charge in [0.05, 0.1) is 28.2 Å². The van der Waals surface area contributed by atoms with Gasteiger partial charge < -0.3 is 9.64 Å². The molecule has 0 aliphatic heterocycles. The van der Waals surface area contributed by atoms with Crippen molar-refractivity contribution in [1.82, 2.24) is 13.9 Å². The van der Waals surface area contributed by atoms with Crippen molar-refractivity contribution in [2.45, 2.75) is 37.8 Å². The van der Waals surface area contributed by atoms with Crippen molar-refractivity contribution in [3.05, 3.63) is 59.4 Å². The molecule has 0 spiro atoms. The molecule has 0 bridgehead atoms. The fraction of sp³-hybridized carbons (Fsp3) is 0.300. The molecule has 0 unspecified atom stereocenters. The number of rotatable bonds is 4. The van der Waals surface area contributed by atoms with Crippen molar-refractivity contribution < 1.29 is 17.9 Å². The van der Waals surface area contributed by atoms with Crippen LogP contribution in [-0.4, -0.2) is 41.0 Å². The van der Waals surface area contributed by atoms with E-state index in [1.807, 2.05) is 0 Å². The number of fused-ring (bicyclic) bond motifs is 1. The molecule has 2 aromatic heterocycles. The Bertz CT molecular complexity index is 1150. The van der Waals surface area contributed by atoms with Crippen molar-refractivity contribution >= 4 is 38.8 Å². The zero-order chi connectivity index (χ0) is 21.4. The highest BCUT2D eigenvalue weighted by molar-refractivity contribution is 7.90. The minimum absolute atomic E-state index is 0.00888. The van der Waals surface area contributed by atoms with Crippen LogP contribution in [0.3, 0.4) is 0 Å². The van der Waals surface area contributed by atoms with Crippen LogP contribution in [0.5, 0.6) is 0 Å². The van der Waals surface area contributed by atoms with Gasteiger partial charge >= 0.3 is 6.09 Å². The molecule has 7 nitrogen and oxygen atoms in total. The standard InChI is InChI=1S/C20H22ClN3O4S/c1-20(2,3)28-19(25)23(4)13-14-12-16-17(10-11-18(21)22-16)24(14)29(26,27)15-8-6-5-7-9-15/h5-12H,13H2,1-4H3. The zero-order valence-electron chi connectivity index (χ0n) is 16.6. The van der Waals surface area contributed by atoms with Gasteiger partial charge in [0.2, 0.25) is 0 Å². The summed E-state index contributed by atoms with van der Waals surface area (Å²) in [4.78, 5) is 18.0. The van der Waals surface area contributed by atoms with Gasteiger partial charge in [0.1, 0.15) is 10.8 Å². The van der Waals surface area contributed by atoms with E-state index >= 15 is 0 Å². The third kappa shape index (κ3) is 4.54. The smallest absolute Gasteiger partial charge is 0.410 e. The Labute approximate surface area is 174 Å². The average Bonchev–Trinajstić information content (AvgIpc) is 2.98. The van der Waals surface area contributed by atoms with Crippen molar-refractivity contribution in [2.24, 2.45) is 0 Å². The van der Waals surface area contributed by atoms with Gasteiger partial charge in [-0.15, -0.1) is 0 Å². The third-order valence-electron chi connectivity index (χ3n) is 4.04. The largest absolute Gasteiger partial charge is 0.444 e. The minimum atomic E-state index is -3.92. The minimum Gasteiger partial charge on any atom is -0.444 e. The Morgan fingerprint density at radius 1 is 1.17 bits per heavy atom. The molecule has 0 aliphatic rings. The number of carbonyl (C=O) groups is 1. The van der Waals surface area contributed by atoms with E-state index in [2.05, 4.69) is 4.98 Å². The van der Waals surface area contributed by atoms with Crippen LogP contribution < -0.4 is 0 Å². The maximum absolute atomic E-state index is 13.4. The highest BCUT2D eigenvalue weighted by Crippen LogP contribution is 2.27. The number of ether oxygens (including phenoxy) is 1. The molecule has 0 N–H and O–H groups in total. The number of hydrogen-bond donors (Lipinski definition) is 0. The van der Waals surface area contributed by atoms with Gasteiger partial charge in [-0.25, -0.2) is 22.2 Å². The average molecular weight is 436 g/mol. The molecular weight excluding hydrogens is 414 g/mol. The third-order valence-corrected chi connectivity index (χ3v) is 6.03. The number of carbonyl (C=O) groups excluding carboxylic acids is 1. The molecule has 3 aromatic rings. The van der Waals surface area contributed by atoms with Gasteiger partial charge in [-0.2, -0.15) is 0 Å². The van der Waals surface area contributed by atoms with Crippen LogP contribution >= 0.6 is 11.6 Å². The Hall–Kier alpha value is -2.58. The van der Waals surface area contributed by atoms with Crippen LogP contribution in [0.25, 0.3) is 11.0 Å². The van der Waals surface area contributed by atoms with E-state index in [0.29, 0.717) is 16.7 Å². The maximum atomic E-state index is 13.4. The fourth-order valence-corrected chi connectivity index (χ4v) is 4.53. The first kappa shape index (κ1) is 21.1. The maximum Gasteiger partial charge on any atom is 0.410 e. The molecule has 29 heavy (non-hydrogen) atoms. The van der Waals surface area contributed by atoms with Crippen LogP contribution in [-0.2, 0) is 21.3 Å². The number of hydrogen-bond acceptors (Lipinski definition) is 5. The molecule has 9 heteroatoms. The van der Waals surface area contributed by atoms with Crippen molar-refractivity contribution in [1.29, 1.82) is 0 Å². The first-order chi connectivity index (χ1) is 13.5. The van der Waals surface area contributed by atoms with Crippen molar-refractivity contribution in [3.8, 4) is 0 Å².